The van der Waals surface area contributed by atoms with Crippen LogP contribution >= 0.6 is 12.4 Å². The number of ether oxygens (including phenoxy) is 2. The standard InChI is InChI=1S/C17H23F3N2O4.ClH/c18-17(19,20)12-2-1-3-14(8-12)26-10-13(23)9-22-16(24)15(21)11-4-6-25-7-5-11;/h1-3,8,11,13,15,23H,4-7,9-10,21H2,(H,22,24);1H. The number of amides is 1. The van der Waals surface area contributed by atoms with Gasteiger partial charge in [-0.15, -0.1) is 12.4 Å². The van der Waals surface area contributed by atoms with E-state index in [1.165, 1.54) is 12.1 Å². The zero-order chi connectivity index (χ0) is 19.2. The molecule has 0 radical (unpaired) electrons. The molecular formula is C17H24ClF3N2O4. The number of rotatable bonds is 7. The van der Waals surface area contributed by atoms with Crippen LogP contribution in [0.4, 0.5) is 13.2 Å². The van der Waals surface area contributed by atoms with E-state index in [0.717, 1.165) is 12.1 Å². The maximum atomic E-state index is 12.6. The number of hydrogen-bond donors (Lipinski definition) is 3. The number of carbonyl (C=O) groups excluding carboxylic acids is 1. The summed E-state index contributed by atoms with van der Waals surface area (Å²) < 4.78 is 48.3. The van der Waals surface area contributed by atoms with E-state index in [4.69, 9.17) is 15.2 Å². The number of aliphatic hydroxyl groups excluding tert-OH is 1. The summed E-state index contributed by atoms with van der Waals surface area (Å²) >= 11 is 0. The molecule has 0 spiro atoms. The molecule has 0 aromatic heterocycles. The van der Waals surface area contributed by atoms with Crippen molar-refractivity contribution in [2.75, 3.05) is 26.4 Å². The Hall–Kier alpha value is -1.55. The van der Waals surface area contributed by atoms with Gasteiger partial charge in [0.2, 0.25) is 5.91 Å². The van der Waals surface area contributed by atoms with E-state index in [2.05, 4.69) is 5.32 Å². The Morgan fingerprint density at radius 3 is 2.67 bits per heavy atom. The minimum absolute atomic E-state index is 0. The molecule has 154 valence electrons. The summed E-state index contributed by atoms with van der Waals surface area (Å²) in [5.74, 6) is -0.360. The van der Waals surface area contributed by atoms with Crippen molar-refractivity contribution in [1.29, 1.82) is 0 Å². The van der Waals surface area contributed by atoms with Crippen LogP contribution in [0.25, 0.3) is 0 Å². The summed E-state index contributed by atoms with van der Waals surface area (Å²) in [6.07, 6.45) is -4.13. The van der Waals surface area contributed by atoms with Crippen molar-refractivity contribution >= 4 is 18.3 Å². The number of hydrogen-bond acceptors (Lipinski definition) is 5. The van der Waals surface area contributed by atoms with Crippen LogP contribution in [-0.2, 0) is 15.7 Å². The molecule has 1 heterocycles. The van der Waals surface area contributed by atoms with E-state index in [0.29, 0.717) is 26.1 Å². The second-order valence-corrected chi connectivity index (χ2v) is 6.21. The average molecular weight is 413 g/mol. The zero-order valence-electron chi connectivity index (χ0n) is 14.6. The first kappa shape index (κ1) is 23.5. The highest BCUT2D eigenvalue weighted by molar-refractivity contribution is 5.85. The number of aliphatic hydroxyl groups is 1. The number of nitrogens with two attached hydrogens (primary N) is 1. The highest BCUT2D eigenvalue weighted by Crippen LogP contribution is 2.31. The SMILES string of the molecule is Cl.NC(C(=O)NCC(O)COc1cccc(C(F)(F)F)c1)C1CCOCC1. The van der Waals surface area contributed by atoms with Gasteiger partial charge in [0.05, 0.1) is 11.6 Å². The van der Waals surface area contributed by atoms with Crippen molar-refractivity contribution in [3.05, 3.63) is 29.8 Å². The molecule has 2 unspecified atom stereocenters. The maximum absolute atomic E-state index is 12.6. The molecule has 6 nitrogen and oxygen atoms in total. The fourth-order valence-electron chi connectivity index (χ4n) is 2.64. The zero-order valence-corrected chi connectivity index (χ0v) is 15.4. The van der Waals surface area contributed by atoms with E-state index in [1.807, 2.05) is 0 Å². The Balaban J connectivity index is 0.00000364. The predicted octanol–water partition coefficient (Wildman–Crippen LogP) is 1.74. The van der Waals surface area contributed by atoms with Crippen LogP contribution in [0.2, 0.25) is 0 Å². The number of halogens is 4. The van der Waals surface area contributed by atoms with E-state index >= 15 is 0 Å². The van der Waals surface area contributed by atoms with E-state index < -0.39 is 23.9 Å². The number of carbonyl (C=O) groups is 1. The molecule has 4 N–H and O–H groups in total. The summed E-state index contributed by atoms with van der Waals surface area (Å²) in [4.78, 5) is 12.0. The number of benzene rings is 1. The first-order chi connectivity index (χ1) is 12.3. The van der Waals surface area contributed by atoms with Crippen LogP contribution in [0, 0.1) is 5.92 Å². The molecule has 2 rings (SSSR count). The minimum Gasteiger partial charge on any atom is -0.491 e. The second-order valence-electron chi connectivity index (χ2n) is 6.21. The van der Waals surface area contributed by atoms with Crippen LogP contribution in [0.15, 0.2) is 24.3 Å². The van der Waals surface area contributed by atoms with Gasteiger partial charge in [-0.25, -0.2) is 0 Å². The van der Waals surface area contributed by atoms with Gasteiger partial charge in [-0.1, -0.05) is 6.07 Å². The van der Waals surface area contributed by atoms with Crippen molar-refractivity contribution in [2.24, 2.45) is 11.7 Å². The maximum Gasteiger partial charge on any atom is 0.416 e. The Morgan fingerprint density at radius 1 is 1.37 bits per heavy atom. The summed E-state index contributed by atoms with van der Waals surface area (Å²) in [7, 11) is 0. The fraction of sp³-hybridized carbons (Fsp3) is 0.588. The van der Waals surface area contributed by atoms with Gasteiger partial charge in [-0.2, -0.15) is 13.2 Å². The van der Waals surface area contributed by atoms with E-state index in [9.17, 15) is 23.1 Å². The van der Waals surface area contributed by atoms with Crippen molar-refractivity contribution in [3.63, 3.8) is 0 Å². The lowest BCUT2D eigenvalue weighted by Crippen LogP contribution is -2.49. The first-order valence-electron chi connectivity index (χ1n) is 8.36. The van der Waals surface area contributed by atoms with Crippen LogP contribution < -0.4 is 15.8 Å². The summed E-state index contributed by atoms with van der Waals surface area (Å²) in [5.41, 5.74) is 5.08. The Kier molecular flexibility index (Phi) is 9.31. The molecule has 1 saturated heterocycles. The largest absolute Gasteiger partial charge is 0.491 e. The van der Waals surface area contributed by atoms with E-state index in [1.54, 1.807) is 0 Å². The van der Waals surface area contributed by atoms with Gasteiger partial charge >= 0.3 is 6.18 Å². The lowest BCUT2D eigenvalue weighted by atomic mass is 9.92. The topological polar surface area (TPSA) is 93.8 Å². The van der Waals surface area contributed by atoms with Crippen molar-refractivity contribution in [2.45, 2.75) is 31.2 Å². The first-order valence-corrected chi connectivity index (χ1v) is 8.36. The number of alkyl halides is 3. The Labute approximate surface area is 161 Å². The third-order valence-corrected chi connectivity index (χ3v) is 4.19. The minimum atomic E-state index is -4.47. The Bertz CT molecular complexity index is 598. The van der Waals surface area contributed by atoms with Crippen LogP contribution in [0.3, 0.4) is 0 Å². The lowest BCUT2D eigenvalue weighted by molar-refractivity contribution is -0.137. The second kappa shape index (κ2) is 10.7. The summed E-state index contributed by atoms with van der Waals surface area (Å²) in [6, 6.07) is 3.68. The fourth-order valence-corrected chi connectivity index (χ4v) is 2.64. The molecular weight excluding hydrogens is 389 g/mol. The monoisotopic (exact) mass is 412 g/mol. The van der Waals surface area contributed by atoms with Gasteiger partial charge < -0.3 is 25.6 Å². The quantitative estimate of drug-likeness (QED) is 0.634. The highest BCUT2D eigenvalue weighted by atomic mass is 35.5. The third kappa shape index (κ3) is 7.53. The molecule has 27 heavy (non-hydrogen) atoms. The molecule has 1 amide bonds. The van der Waals surface area contributed by atoms with Gasteiger partial charge in [0.25, 0.3) is 0 Å². The third-order valence-electron chi connectivity index (χ3n) is 4.19. The lowest BCUT2D eigenvalue weighted by Gasteiger charge is -2.27. The smallest absolute Gasteiger partial charge is 0.416 e. The van der Waals surface area contributed by atoms with Crippen molar-refractivity contribution < 1.29 is 32.5 Å². The molecule has 2 atom stereocenters. The van der Waals surface area contributed by atoms with Gasteiger partial charge in [0.1, 0.15) is 18.5 Å². The molecule has 1 aromatic rings. The molecule has 0 bridgehead atoms. The molecule has 0 saturated carbocycles. The van der Waals surface area contributed by atoms with Crippen molar-refractivity contribution in [3.8, 4) is 5.75 Å². The van der Waals surface area contributed by atoms with Crippen molar-refractivity contribution in [1.82, 2.24) is 5.32 Å². The molecule has 1 aliphatic rings. The highest BCUT2D eigenvalue weighted by Gasteiger charge is 2.30. The normalized spacial score (nSPS) is 17.5. The Morgan fingerprint density at radius 2 is 2.04 bits per heavy atom. The van der Waals surface area contributed by atoms with Crippen LogP contribution in [0.5, 0.6) is 5.75 Å². The van der Waals surface area contributed by atoms with Crippen LogP contribution in [-0.4, -0.2) is 49.5 Å². The summed E-state index contributed by atoms with van der Waals surface area (Å²) in [6.45, 7) is 0.779. The van der Waals surface area contributed by atoms with E-state index in [-0.39, 0.29) is 43.1 Å². The molecule has 0 aliphatic carbocycles. The molecule has 1 aromatic carbocycles. The number of nitrogens with one attached hydrogen (secondary N) is 1. The molecule has 10 heteroatoms. The van der Waals surface area contributed by atoms with Gasteiger partial charge in [0.15, 0.2) is 0 Å². The van der Waals surface area contributed by atoms with Crippen LogP contribution in [0.1, 0.15) is 18.4 Å². The molecule has 1 aliphatic heterocycles. The van der Waals surface area contributed by atoms with Gasteiger partial charge in [-0.3, -0.25) is 4.79 Å². The van der Waals surface area contributed by atoms with Gasteiger partial charge in [-0.05, 0) is 37.0 Å². The predicted molar refractivity (Wildman–Crippen MR) is 94.7 cm³/mol. The molecule has 1 fully saturated rings. The van der Waals surface area contributed by atoms with Gasteiger partial charge in [0, 0.05) is 19.8 Å². The average Bonchev–Trinajstić information content (AvgIpc) is 2.64. The summed E-state index contributed by atoms with van der Waals surface area (Å²) in [5, 5.41) is 12.4.